The molecule has 0 heterocycles. The number of hydrogen-bond acceptors (Lipinski definition) is 1. The first-order valence-electron chi connectivity index (χ1n) is 5.95. The quantitative estimate of drug-likeness (QED) is 0.788. The summed E-state index contributed by atoms with van der Waals surface area (Å²) in [6.07, 6.45) is 5.60. The molecule has 0 atom stereocenters. The summed E-state index contributed by atoms with van der Waals surface area (Å²) < 4.78 is 1.20. The predicted octanol–water partition coefficient (Wildman–Crippen LogP) is 4.55. The molecule has 1 nitrogen and oxygen atoms in total. The maximum atomic E-state index is 6.26. The van der Waals surface area contributed by atoms with E-state index in [4.69, 9.17) is 11.6 Å². The molecule has 2 aliphatic carbocycles. The molecule has 2 fully saturated rings. The van der Waals surface area contributed by atoms with Crippen LogP contribution in [0.5, 0.6) is 0 Å². The molecule has 0 bridgehead atoms. The Morgan fingerprint density at radius 1 is 1.19 bits per heavy atom. The van der Waals surface area contributed by atoms with Gasteiger partial charge < -0.3 is 5.32 Å². The van der Waals surface area contributed by atoms with E-state index in [2.05, 4.69) is 40.0 Å². The lowest BCUT2D eigenvalue weighted by Crippen LogP contribution is -2.24. The SMILES string of the molecule is Clc1cc(I)ccc1NC(C1CC1)C1CC1. The fourth-order valence-electron chi connectivity index (χ4n) is 2.32. The van der Waals surface area contributed by atoms with Crippen LogP contribution in [0.2, 0.25) is 5.02 Å². The smallest absolute Gasteiger partial charge is 0.0648 e. The summed E-state index contributed by atoms with van der Waals surface area (Å²) in [4.78, 5) is 0. The minimum atomic E-state index is 0.678. The summed E-state index contributed by atoms with van der Waals surface area (Å²) in [5.74, 6) is 1.81. The highest BCUT2D eigenvalue weighted by atomic mass is 127. The molecule has 0 aliphatic heterocycles. The Morgan fingerprint density at radius 2 is 1.81 bits per heavy atom. The molecule has 0 saturated heterocycles. The van der Waals surface area contributed by atoms with Crippen LogP contribution in [0.3, 0.4) is 0 Å². The summed E-state index contributed by atoms with van der Waals surface area (Å²) in [6, 6.07) is 6.94. The Kier molecular flexibility index (Phi) is 3.05. The molecule has 0 radical (unpaired) electrons. The Hall–Kier alpha value is 0.0400. The largest absolute Gasteiger partial charge is 0.381 e. The second kappa shape index (κ2) is 4.37. The molecule has 2 aliphatic rings. The summed E-state index contributed by atoms with van der Waals surface area (Å²) in [6.45, 7) is 0. The van der Waals surface area contributed by atoms with Gasteiger partial charge in [-0.15, -0.1) is 0 Å². The fraction of sp³-hybridized carbons (Fsp3) is 0.538. The van der Waals surface area contributed by atoms with Crippen LogP contribution in [0.15, 0.2) is 18.2 Å². The molecule has 86 valence electrons. The van der Waals surface area contributed by atoms with Crippen LogP contribution in [0, 0.1) is 15.4 Å². The first-order valence-corrected chi connectivity index (χ1v) is 7.41. The van der Waals surface area contributed by atoms with Crippen LogP contribution in [0.4, 0.5) is 5.69 Å². The average molecular weight is 348 g/mol. The van der Waals surface area contributed by atoms with Gasteiger partial charge in [-0.25, -0.2) is 0 Å². The van der Waals surface area contributed by atoms with Crippen molar-refractivity contribution in [3.63, 3.8) is 0 Å². The minimum absolute atomic E-state index is 0.678. The van der Waals surface area contributed by atoms with Gasteiger partial charge in [0.1, 0.15) is 0 Å². The van der Waals surface area contributed by atoms with Gasteiger partial charge in [0, 0.05) is 9.61 Å². The molecule has 2 saturated carbocycles. The van der Waals surface area contributed by atoms with Gasteiger partial charge in [0.25, 0.3) is 0 Å². The van der Waals surface area contributed by atoms with Crippen molar-refractivity contribution in [2.75, 3.05) is 5.32 Å². The van der Waals surface area contributed by atoms with Crippen molar-refractivity contribution in [1.29, 1.82) is 0 Å². The Balaban J connectivity index is 1.76. The molecule has 1 aromatic carbocycles. The van der Waals surface area contributed by atoms with E-state index >= 15 is 0 Å². The molecular formula is C13H15ClIN. The Morgan fingerprint density at radius 3 is 2.31 bits per heavy atom. The van der Waals surface area contributed by atoms with E-state index in [-0.39, 0.29) is 0 Å². The normalized spacial score (nSPS) is 20.2. The Labute approximate surface area is 115 Å². The van der Waals surface area contributed by atoms with Gasteiger partial charge in [0.05, 0.1) is 10.7 Å². The monoisotopic (exact) mass is 347 g/mol. The molecule has 3 heteroatoms. The highest BCUT2D eigenvalue weighted by molar-refractivity contribution is 14.1. The lowest BCUT2D eigenvalue weighted by Gasteiger charge is -2.20. The molecule has 16 heavy (non-hydrogen) atoms. The topological polar surface area (TPSA) is 12.0 Å². The van der Waals surface area contributed by atoms with Gasteiger partial charge in [0.15, 0.2) is 0 Å². The average Bonchev–Trinajstić information content (AvgIpc) is 3.11. The van der Waals surface area contributed by atoms with E-state index in [1.807, 2.05) is 6.07 Å². The molecule has 0 amide bonds. The van der Waals surface area contributed by atoms with Gasteiger partial charge >= 0.3 is 0 Å². The summed E-state index contributed by atoms with van der Waals surface area (Å²) in [7, 11) is 0. The van der Waals surface area contributed by atoms with E-state index in [0.29, 0.717) is 6.04 Å². The number of anilines is 1. The third-order valence-electron chi connectivity index (χ3n) is 3.51. The summed E-state index contributed by atoms with van der Waals surface area (Å²) in [5, 5.41) is 4.52. The van der Waals surface area contributed by atoms with Gasteiger partial charge in [-0.3, -0.25) is 0 Å². The van der Waals surface area contributed by atoms with Crippen molar-refractivity contribution in [3.8, 4) is 0 Å². The third-order valence-corrected chi connectivity index (χ3v) is 4.50. The van der Waals surface area contributed by atoms with E-state index in [0.717, 1.165) is 22.5 Å². The van der Waals surface area contributed by atoms with E-state index in [9.17, 15) is 0 Å². The van der Waals surface area contributed by atoms with Crippen LogP contribution in [0.25, 0.3) is 0 Å². The number of nitrogens with one attached hydrogen (secondary N) is 1. The van der Waals surface area contributed by atoms with Crippen molar-refractivity contribution in [2.24, 2.45) is 11.8 Å². The van der Waals surface area contributed by atoms with Crippen molar-refractivity contribution in [3.05, 3.63) is 26.8 Å². The van der Waals surface area contributed by atoms with E-state index < -0.39 is 0 Å². The van der Waals surface area contributed by atoms with Gasteiger partial charge in [-0.2, -0.15) is 0 Å². The molecule has 0 aromatic heterocycles. The van der Waals surface area contributed by atoms with Gasteiger partial charge in [-0.1, -0.05) is 11.6 Å². The maximum Gasteiger partial charge on any atom is 0.0648 e. The molecule has 3 rings (SSSR count). The van der Waals surface area contributed by atoms with Crippen LogP contribution < -0.4 is 5.32 Å². The molecular weight excluding hydrogens is 333 g/mol. The molecule has 1 aromatic rings. The van der Waals surface area contributed by atoms with Crippen LogP contribution in [0.1, 0.15) is 25.7 Å². The number of hydrogen-bond donors (Lipinski definition) is 1. The minimum Gasteiger partial charge on any atom is -0.381 e. The van der Waals surface area contributed by atoms with Crippen LogP contribution >= 0.6 is 34.2 Å². The third kappa shape index (κ3) is 2.48. The molecule has 0 spiro atoms. The highest BCUT2D eigenvalue weighted by Gasteiger charge is 2.41. The second-order valence-electron chi connectivity index (χ2n) is 4.97. The zero-order valence-electron chi connectivity index (χ0n) is 9.05. The fourth-order valence-corrected chi connectivity index (χ4v) is 3.23. The lowest BCUT2D eigenvalue weighted by atomic mass is 10.1. The van der Waals surface area contributed by atoms with Crippen molar-refractivity contribution in [1.82, 2.24) is 0 Å². The van der Waals surface area contributed by atoms with Crippen LogP contribution in [-0.2, 0) is 0 Å². The number of rotatable bonds is 4. The molecule has 1 N–H and O–H groups in total. The van der Waals surface area contributed by atoms with Crippen molar-refractivity contribution >= 4 is 39.9 Å². The van der Waals surface area contributed by atoms with Gasteiger partial charge in [0.2, 0.25) is 0 Å². The maximum absolute atomic E-state index is 6.26. The Bertz CT molecular complexity index is 387. The zero-order valence-corrected chi connectivity index (χ0v) is 12.0. The summed E-state index contributed by atoms with van der Waals surface area (Å²) in [5.41, 5.74) is 1.12. The van der Waals surface area contributed by atoms with E-state index in [1.54, 1.807) is 0 Å². The second-order valence-corrected chi connectivity index (χ2v) is 6.62. The van der Waals surface area contributed by atoms with Crippen molar-refractivity contribution < 1.29 is 0 Å². The zero-order chi connectivity index (χ0) is 11.1. The molecule has 0 unspecified atom stereocenters. The predicted molar refractivity (Wildman–Crippen MR) is 77.0 cm³/mol. The number of benzene rings is 1. The highest BCUT2D eigenvalue weighted by Crippen LogP contribution is 2.46. The standard InChI is InChI=1S/C13H15ClIN/c14-11-7-10(15)5-6-12(11)16-13(8-1-2-8)9-3-4-9/h5-9,13,16H,1-4H2. The van der Waals surface area contributed by atoms with Gasteiger partial charge in [-0.05, 0) is 78.3 Å². The van der Waals surface area contributed by atoms with Crippen LogP contribution in [-0.4, -0.2) is 6.04 Å². The first kappa shape index (κ1) is 11.1. The number of halogens is 2. The lowest BCUT2D eigenvalue weighted by molar-refractivity contribution is 0.568. The van der Waals surface area contributed by atoms with Crippen molar-refractivity contribution in [2.45, 2.75) is 31.7 Å². The first-order chi connectivity index (χ1) is 7.74. The van der Waals surface area contributed by atoms with E-state index in [1.165, 1.54) is 29.3 Å². The summed E-state index contributed by atoms with van der Waals surface area (Å²) >= 11 is 8.55.